The highest BCUT2D eigenvalue weighted by Gasteiger charge is 2.10. The fourth-order valence-electron chi connectivity index (χ4n) is 1.82. The molecular weight excluding hydrogens is 362 g/mol. The van der Waals surface area contributed by atoms with Gasteiger partial charge in [-0.05, 0) is 64.5 Å². The minimum atomic E-state index is -0.255. The molecule has 0 unspecified atom stereocenters. The molecule has 0 spiro atoms. The van der Waals surface area contributed by atoms with Crippen molar-refractivity contribution in [1.29, 1.82) is 0 Å². The molecule has 0 fully saturated rings. The Bertz CT molecular complexity index is 686. The lowest BCUT2D eigenvalue weighted by Gasteiger charge is -2.14. The van der Waals surface area contributed by atoms with Crippen LogP contribution in [0.1, 0.15) is 10.4 Å². The van der Waals surface area contributed by atoms with E-state index in [-0.39, 0.29) is 11.0 Å². The van der Waals surface area contributed by atoms with Gasteiger partial charge in [-0.3, -0.25) is 10.1 Å². The lowest BCUT2D eigenvalue weighted by Crippen LogP contribution is -2.34. The Morgan fingerprint density at radius 1 is 1.09 bits per heavy atom. The molecule has 0 aliphatic carbocycles. The van der Waals surface area contributed by atoms with Crippen LogP contribution >= 0.6 is 28.1 Å². The number of hydrogen-bond donors (Lipinski definition) is 2. The standard InChI is InChI=1S/C16H16BrN3OS/c1-20(2)12-9-7-11(8-10-12)18-16(22)19-15(21)13-5-3-4-6-14(13)17/h3-10H,1-2H3,(H2,18,19,21,22). The van der Waals surface area contributed by atoms with Crippen molar-refractivity contribution in [2.45, 2.75) is 0 Å². The summed E-state index contributed by atoms with van der Waals surface area (Å²) in [7, 11) is 3.95. The number of carbonyl (C=O) groups is 1. The van der Waals surface area contributed by atoms with Gasteiger partial charge in [0.05, 0.1) is 5.56 Å². The number of rotatable bonds is 3. The van der Waals surface area contributed by atoms with Gasteiger partial charge in [-0.15, -0.1) is 0 Å². The summed E-state index contributed by atoms with van der Waals surface area (Å²) in [4.78, 5) is 14.1. The van der Waals surface area contributed by atoms with E-state index in [1.165, 1.54) is 0 Å². The van der Waals surface area contributed by atoms with Gasteiger partial charge in [-0.1, -0.05) is 12.1 Å². The molecule has 0 radical (unpaired) electrons. The molecule has 2 aromatic rings. The van der Waals surface area contributed by atoms with Crippen molar-refractivity contribution in [3.05, 3.63) is 58.6 Å². The van der Waals surface area contributed by atoms with E-state index in [1.54, 1.807) is 12.1 Å². The number of carbonyl (C=O) groups excluding carboxylic acids is 1. The zero-order valence-corrected chi connectivity index (χ0v) is 14.7. The number of hydrogen-bond acceptors (Lipinski definition) is 3. The maximum absolute atomic E-state index is 12.1. The molecule has 0 saturated heterocycles. The first-order chi connectivity index (χ1) is 10.5. The predicted octanol–water partition coefficient (Wildman–Crippen LogP) is 3.64. The fraction of sp³-hybridized carbons (Fsp3) is 0.125. The maximum atomic E-state index is 12.1. The topological polar surface area (TPSA) is 44.4 Å². The third kappa shape index (κ3) is 4.29. The van der Waals surface area contributed by atoms with E-state index in [1.807, 2.05) is 55.4 Å². The van der Waals surface area contributed by atoms with Crippen LogP contribution in [-0.4, -0.2) is 25.1 Å². The van der Waals surface area contributed by atoms with Gasteiger partial charge in [0.25, 0.3) is 5.91 Å². The largest absolute Gasteiger partial charge is 0.378 e. The Kier molecular flexibility index (Phi) is 5.51. The summed E-state index contributed by atoms with van der Waals surface area (Å²) in [5, 5.41) is 5.92. The molecule has 0 heterocycles. The Morgan fingerprint density at radius 3 is 2.32 bits per heavy atom. The molecule has 0 aromatic heterocycles. The van der Waals surface area contributed by atoms with Crippen LogP contribution in [0.25, 0.3) is 0 Å². The molecule has 22 heavy (non-hydrogen) atoms. The minimum Gasteiger partial charge on any atom is -0.378 e. The highest BCUT2D eigenvalue weighted by molar-refractivity contribution is 9.10. The number of amides is 1. The number of benzene rings is 2. The summed E-state index contributed by atoms with van der Waals surface area (Å²) in [5.41, 5.74) is 2.45. The lowest BCUT2D eigenvalue weighted by atomic mass is 10.2. The molecule has 0 atom stereocenters. The Morgan fingerprint density at radius 2 is 1.73 bits per heavy atom. The highest BCUT2D eigenvalue weighted by Crippen LogP contribution is 2.17. The van der Waals surface area contributed by atoms with Crippen LogP contribution in [0.15, 0.2) is 53.0 Å². The van der Waals surface area contributed by atoms with E-state index in [2.05, 4.69) is 26.6 Å². The second-order valence-electron chi connectivity index (χ2n) is 4.83. The third-order valence-corrected chi connectivity index (χ3v) is 3.88. The van der Waals surface area contributed by atoms with Crippen LogP contribution in [0.4, 0.5) is 11.4 Å². The minimum absolute atomic E-state index is 0.255. The summed E-state index contributed by atoms with van der Waals surface area (Å²) in [6.45, 7) is 0. The molecule has 2 N–H and O–H groups in total. The van der Waals surface area contributed by atoms with E-state index < -0.39 is 0 Å². The van der Waals surface area contributed by atoms with E-state index in [0.717, 1.165) is 15.8 Å². The molecule has 6 heteroatoms. The second-order valence-corrected chi connectivity index (χ2v) is 6.09. The number of nitrogens with one attached hydrogen (secondary N) is 2. The number of nitrogens with zero attached hydrogens (tertiary/aromatic N) is 1. The van der Waals surface area contributed by atoms with Crippen molar-refractivity contribution >= 4 is 50.5 Å². The second kappa shape index (κ2) is 7.38. The van der Waals surface area contributed by atoms with Crippen LogP contribution in [0.5, 0.6) is 0 Å². The normalized spacial score (nSPS) is 9.95. The van der Waals surface area contributed by atoms with E-state index in [9.17, 15) is 4.79 Å². The maximum Gasteiger partial charge on any atom is 0.258 e. The van der Waals surface area contributed by atoms with E-state index in [0.29, 0.717) is 5.56 Å². The Hall–Kier alpha value is -1.92. The predicted molar refractivity (Wildman–Crippen MR) is 98.6 cm³/mol. The van der Waals surface area contributed by atoms with E-state index >= 15 is 0 Å². The molecule has 0 bridgehead atoms. The summed E-state index contributed by atoms with van der Waals surface area (Å²) >= 11 is 8.52. The van der Waals surface area contributed by atoms with Crippen molar-refractivity contribution in [1.82, 2.24) is 5.32 Å². The van der Waals surface area contributed by atoms with Gasteiger partial charge in [-0.25, -0.2) is 0 Å². The first-order valence-corrected chi connectivity index (χ1v) is 7.82. The molecule has 2 aromatic carbocycles. The number of halogens is 1. The van der Waals surface area contributed by atoms with Crippen LogP contribution in [0.2, 0.25) is 0 Å². The van der Waals surface area contributed by atoms with Crippen molar-refractivity contribution in [3.8, 4) is 0 Å². The van der Waals surface area contributed by atoms with Gasteiger partial charge in [-0.2, -0.15) is 0 Å². The molecule has 1 amide bonds. The average Bonchev–Trinajstić information content (AvgIpc) is 2.48. The number of anilines is 2. The van der Waals surface area contributed by atoms with Crippen molar-refractivity contribution in [3.63, 3.8) is 0 Å². The zero-order chi connectivity index (χ0) is 16.1. The summed E-state index contributed by atoms with van der Waals surface area (Å²) in [6.07, 6.45) is 0. The number of thiocarbonyl (C=S) groups is 1. The molecule has 4 nitrogen and oxygen atoms in total. The zero-order valence-electron chi connectivity index (χ0n) is 12.3. The third-order valence-electron chi connectivity index (χ3n) is 2.99. The van der Waals surface area contributed by atoms with Gasteiger partial charge in [0.1, 0.15) is 0 Å². The summed E-state index contributed by atoms with van der Waals surface area (Å²) in [5.74, 6) is -0.255. The monoisotopic (exact) mass is 377 g/mol. The van der Waals surface area contributed by atoms with Crippen LogP contribution in [0.3, 0.4) is 0 Å². The molecule has 2 rings (SSSR count). The summed E-state index contributed by atoms with van der Waals surface area (Å²) in [6, 6.07) is 15.0. The highest BCUT2D eigenvalue weighted by atomic mass is 79.9. The van der Waals surface area contributed by atoms with Crippen molar-refractivity contribution < 1.29 is 4.79 Å². The van der Waals surface area contributed by atoms with E-state index in [4.69, 9.17) is 12.2 Å². The average molecular weight is 378 g/mol. The molecule has 0 aliphatic rings. The van der Waals surface area contributed by atoms with Crippen LogP contribution in [-0.2, 0) is 0 Å². The summed E-state index contributed by atoms with van der Waals surface area (Å²) < 4.78 is 0.727. The Labute approximate surface area is 143 Å². The lowest BCUT2D eigenvalue weighted by molar-refractivity contribution is 0.0977. The molecular formula is C16H16BrN3OS. The van der Waals surface area contributed by atoms with Crippen molar-refractivity contribution in [2.24, 2.45) is 0 Å². The first-order valence-electron chi connectivity index (χ1n) is 6.61. The SMILES string of the molecule is CN(C)c1ccc(NC(=S)NC(=O)c2ccccc2Br)cc1. The van der Waals surface area contributed by atoms with Gasteiger partial charge in [0.15, 0.2) is 5.11 Å². The molecule has 0 saturated carbocycles. The van der Waals surface area contributed by atoms with Gasteiger partial charge in [0.2, 0.25) is 0 Å². The fourth-order valence-corrected chi connectivity index (χ4v) is 2.50. The Balaban J connectivity index is 1.98. The van der Waals surface area contributed by atoms with Gasteiger partial charge >= 0.3 is 0 Å². The first kappa shape index (κ1) is 16.5. The smallest absolute Gasteiger partial charge is 0.258 e. The molecule has 0 aliphatic heterocycles. The van der Waals surface area contributed by atoms with Gasteiger partial charge < -0.3 is 10.2 Å². The van der Waals surface area contributed by atoms with Crippen LogP contribution in [0, 0.1) is 0 Å². The molecule has 114 valence electrons. The quantitative estimate of drug-likeness (QED) is 0.801. The van der Waals surface area contributed by atoms with Crippen LogP contribution < -0.4 is 15.5 Å². The van der Waals surface area contributed by atoms with Gasteiger partial charge in [0, 0.05) is 29.9 Å². The van der Waals surface area contributed by atoms with Crippen molar-refractivity contribution in [2.75, 3.05) is 24.3 Å².